The number of hydrogen-bond acceptors (Lipinski definition) is 6. The summed E-state index contributed by atoms with van der Waals surface area (Å²) in [7, 11) is 5.50. The smallest absolute Gasteiger partial charge is 0.161 e. The average molecular weight is 496 g/mol. The first-order valence-corrected chi connectivity index (χ1v) is 12.7. The van der Waals surface area contributed by atoms with E-state index in [1.165, 1.54) is 12.1 Å². The third-order valence-corrected chi connectivity index (χ3v) is 7.20. The van der Waals surface area contributed by atoms with Crippen LogP contribution in [0.3, 0.4) is 0 Å². The van der Waals surface area contributed by atoms with Crippen molar-refractivity contribution in [2.45, 2.75) is 12.8 Å². The van der Waals surface area contributed by atoms with Crippen LogP contribution in [0.1, 0.15) is 17.7 Å². The third kappa shape index (κ3) is 5.31. The number of hydrogen-bond donors (Lipinski definition) is 0. The highest BCUT2D eigenvalue weighted by Gasteiger charge is 2.18. The molecular weight excluding hydrogens is 462 g/mol. The molecule has 1 aliphatic rings. The first-order chi connectivity index (χ1) is 18.1. The maximum atomic E-state index is 9.25. The second kappa shape index (κ2) is 11.0. The van der Waals surface area contributed by atoms with Gasteiger partial charge in [-0.05, 0) is 74.1 Å². The van der Waals surface area contributed by atoms with Crippen LogP contribution in [0.25, 0.3) is 28.0 Å². The van der Waals surface area contributed by atoms with Crippen molar-refractivity contribution in [3.63, 3.8) is 0 Å². The van der Waals surface area contributed by atoms with E-state index in [4.69, 9.17) is 14.5 Å². The van der Waals surface area contributed by atoms with Gasteiger partial charge in [0.2, 0.25) is 0 Å². The van der Waals surface area contributed by atoms with E-state index in [2.05, 4.69) is 45.6 Å². The lowest BCUT2D eigenvalue weighted by Gasteiger charge is -2.20. The van der Waals surface area contributed by atoms with E-state index >= 15 is 0 Å². The highest BCUT2D eigenvalue weighted by molar-refractivity contribution is 5.72. The molecule has 7 nitrogen and oxygen atoms in total. The van der Waals surface area contributed by atoms with Crippen molar-refractivity contribution >= 4 is 5.65 Å². The molecule has 1 saturated heterocycles. The molecule has 4 aromatic rings. The highest BCUT2D eigenvalue weighted by atomic mass is 16.5. The van der Waals surface area contributed by atoms with Crippen molar-refractivity contribution in [3.05, 3.63) is 72.1 Å². The monoisotopic (exact) mass is 495 g/mol. The highest BCUT2D eigenvalue weighted by Crippen LogP contribution is 2.33. The summed E-state index contributed by atoms with van der Waals surface area (Å²) in [5.74, 6) is 1.41. The SMILES string of the molecule is COc1ccc(-c2ccc3nc(-c4ccc(C#N)cc4)c(CCN4CCCN(C)CC4)n3c2)cc1OC. The maximum Gasteiger partial charge on any atom is 0.161 e. The van der Waals surface area contributed by atoms with Crippen LogP contribution in [0.15, 0.2) is 60.8 Å². The quantitative estimate of drug-likeness (QED) is 0.369. The zero-order chi connectivity index (χ0) is 25.8. The van der Waals surface area contributed by atoms with E-state index in [1.807, 2.05) is 42.5 Å². The molecule has 0 radical (unpaired) electrons. The molecule has 190 valence electrons. The van der Waals surface area contributed by atoms with Crippen molar-refractivity contribution in [2.75, 3.05) is 54.0 Å². The molecule has 0 spiro atoms. The van der Waals surface area contributed by atoms with Crippen molar-refractivity contribution in [3.8, 4) is 40.0 Å². The van der Waals surface area contributed by atoms with Gasteiger partial charge in [0.15, 0.2) is 11.5 Å². The minimum Gasteiger partial charge on any atom is -0.493 e. The van der Waals surface area contributed by atoms with E-state index in [-0.39, 0.29) is 0 Å². The van der Waals surface area contributed by atoms with Crippen molar-refractivity contribution in [1.82, 2.24) is 19.2 Å². The molecule has 0 atom stereocenters. The van der Waals surface area contributed by atoms with Crippen LogP contribution in [0.4, 0.5) is 0 Å². The van der Waals surface area contributed by atoms with Crippen LogP contribution in [0.5, 0.6) is 11.5 Å². The van der Waals surface area contributed by atoms with Crippen LogP contribution in [-0.2, 0) is 6.42 Å². The number of pyridine rings is 1. The molecule has 7 heteroatoms. The largest absolute Gasteiger partial charge is 0.493 e. The minimum atomic E-state index is 0.651. The van der Waals surface area contributed by atoms with Crippen LogP contribution in [0, 0.1) is 11.3 Å². The van der Waals surface area contributed by atoms with Crippen molar-refractivity contribution in [2.24, 2.45) is 0 Å². The molecular formula is C30H33N5O2. The molecule has 0 bridgehead atoms. The predicted molar refractivity (Wildman–Crippen MR) is 146 cm³/mol. The Kier molecular flexibility index (Phi) is 7.40. The molecule has 1 aliphatic heterocycles. The summed E-state index contributed by atoms with van der Waals surface area (Å²) in [6, 6.07) is 20.1. The second-order valence-corrected chi connectivity index (χ2v) is 9.56. The van der Waals surface area contributed by atoms with Gasteiger partial charge in [-0.1, -0.05) is 18.2 Å². The fourth-order valence-electron chi connectivity index (χ4n) is 5.04. The molecule has 0 unspecified atom stereocenters. The summed E-state index contributed by atoms with van der Waals surface area (Å²) in [5.41, 5.74) is 6.87. The summed E-state index contributed by atoms with van der Waals surface area (Å²) < 4.78 is 13.2. The van der Waals surface area contributed by atoms with Gasteiger partial charge in [0.1, 0.15) is 5.65 Å². The lowest BCUT2D eigenvalue weighted by Crippen LogP contribution is -2.30. The maximum absolute atomic E-state index is 9.25. The number of nitrogens with zero attached hydrogens (tertiary/aromatic N) is 5. The molecule has 0 N–H and O–H groups in total. The average Bonchev–Trinajstić information content (AvgIpc) is 3.17. The van der Waals surface area contributed by atoms with E-state index in [9.17, 15) is 5.26 Å². The topological polar surface area (TPSA) is 66.0 Å². The summed E-state index contributed by atoms with van der Waals surface area (Å²) in [6.45, 7) is 5.42. The van der Waals surface area contributed by atoms with Crippen LogP contribution in [-0.4, -0.2) is 73.2 Å². The Morgan fingerprint density at radius 1 is 0.865 bits per heavy atom. The number of benzene rings is 2. The number of rotatable bonds is 7. The van der Waals surface area contributed by atoms with Gasteiger partial charge in [-0.3, -0.25) is 0 Å². The molecule has 0 saturated carbocycles. The number of nitriles is 1. The van der Waals surface area contributed by atoms with E-state index in [0.717, 1.165) is 67.2 Å². The van der Waals surface area contributed by atoms with Gasteiger partial charge in [0.25, 0.3) is 0 Å². The fourth-order valence-corrected chi connectivity index (χ4v) is 5.04. The van der Waals surface area contributed by atoms with Gasteiger partial charge in [-0.2, -0.15) is 5.26 Å². The Labute approximate surface area is 218 Å². The van der Waals surface area contributed by atoms with Gasteiger partial charge in [0, 0.05) is 37.8 Å². The van der Waals surface area contributed by atoms with Gasteiger partial charge in [0.05, 0.1) is 37.2 Å². The second-order valence-electron chi connectivity index (χ2n) is 9.56. The van der Waals surface area contributed by atoms with Crippen molar-refractivity contribution < 1.29 is 9.47 Å². The summed E-state index contributed by atoms with van der Waals surface area (Å²) in [4.78, 5) is 10.0. The zero-order valence-corrected chi connectivity index (χ0v) is 21.8. The standard InChI is InChI=1S/C30H33N5O2/c1-33-14-4-15-34(18-17-33)16-13-26-30(23-7-5-22(20-31)6-8-23)32-29-12-10-25(21-35(26)29)24-9-11-27(36-2)28(19-24)37-3/h5-12,19,21H,4,13-18H2,1-3H3. The van der Waals surface area contributed by atoms with Gasteiger partial charge in [-0.15, -0.1) is 0 Å². The molecule has 0 amide bonds. The molecule has 3 heterocycles. The minimum absolute atomic E-state index is 0.651. The molecule has 2 aromatic carbocycles. The lowest BCUT2D eigenvalue weighted by molar-refractivity contribution is 0.278. The molecule has 1 fully saturated rings. The fraction of sp³-hybridized carbons (Fsp3) is 0.333. The third-order valence-electron chi connectivity index (χ3n) is 7.20. The molecule has 37 heavy (non-hydrogen) atoms. The Morgan fingerprint density at radius 2 is 1.62 bits per heavy atom. The van der Waals surface area contributed by atoms with Crippen LogP contribution in [0.2, 0.25) is 0 Å². The first kappa shape index (κ1) is 24.8. The Morgan fingerprint density at radius 3 is 2.38 bits per heavy atom. The zero-order valence-electron chi connectivity index (χ0n) is 21.8. The lowest BCUT2D eigenvalue weighted by atomic mass is 10.1. The number of imidazole rings is 1. The van der Waals surface area contributed by atoms with Gasteiger partial charge >= 0.3 is 0 Å². The van der Waals surface area contributed by atoms with Gasteiger partial charge < -0.3 is 23.7 Å². The molecule has 5 rings (SSSR count). The summed E-state index contributed by atoms with van der Waals surface area (Å²) in [5, 5.41) is 9.25. The normalized spacial score (nSPS) is 14.9. The number of ether oxygens (including phenoxy) is 2. The number of aromatic nitrogens is 2. The first-order valence-electron chi connectivity index (χ1n) is 12.7. The van der Waals surface area contributed by atoms with Crippen LogP contribution >= 0.6 is 0 Å². The van der Waals surface area contributed by atoms with Gasteiger partial charge in [-0.25, -0.2) is 4.98 Å². The molecule has 2 aromatic heterocycles. The Hall–Kier alpha value is -3.86. The summed E-state index contributed by atoms with van der Waals surface area (Å²) >= 11 is 0. The number of fused-ring (bicyclic) bond motifs is 1. The number of methoxy groups -OCH3 is 2. The van der Waals surface area contributed by atoms with Crippen molar-refractivity contribution in [1.29, 1.82) is 5.26 Å². The Balaban J connectivity index is 1.55. The Bertz CT molecular complexity index is 1420. The molecule has 0 aliphatic carbocycles. The van der Waals surface area contributed by atoms with E-state index in [1.54, 1.807) is 14.2 Å². The summed E-state index contributed by atoms with van der Waals surface area (Å²) in [6.07, 6.45) is 4.24. The number of likely N-dealkylation sites (N-methyl/N-ethyl adjacent to an activating group) is 1. The predicted octanol–water partition coefficient (Wildman–Crippen LogP) is 4.74. The van der Waals surface area contributed by atoms with Crippen LogP contribution < -0.4 is 9.47 Å². The van der Waals surface area contributed by atoms with E-state index < -0.39 is 0 Å². The van der Waals surface area contributed by atoms with E-state index in [0.29, 0.717) is 17.1 Å².